The molecule has 0 radical (unpaired) electrons. The lowest BCUT2D eigenvalue weighted by Gasteiger charge is -2.20. The van der Waals surface area contributed by atoms with Crippen molar-refractivity contribution in [2.24, 2.45) is 5.73 Å². The van der Waals surface area contributed by atoms with Crippen molar-refractivity contribution in [2.75, 3.05) is 18.5 Å². The summed E-state index contributed by atoms with van der Waals surface area (Å²) in [4.78, 5) is 20.1. The van der Waals surface area contributed by atoms with Crippen LogP contribution in [0.4, 0.5) is 10.5 Å². The van der Waals surface area contributed by atoms with Crippen LogP contribution in [0.5, 0.6) is 0 Å². The van der Waals surface area contributed by atoms with Crippen LogP contribution in [-0.4, -0.2) is 39.4 Å². The smallest absolute Gasteiger partial charge is 0.316 e. The highest BCUT2D eigenvalue weighted by Gasteiger charge is 2.36. The van der Waals surface area contributed by atoms with Crippen molar-refractivity contribution in [1.29, 1.82) is 0 Å². The summed E-state index contributed by atoms with van der Waals surface area (Å²) in [7, 11) is 0. The zero-order valence-electron chi connectivity index (χ0n) is 17.7. The Balaban J connectivity index is 0.000000187. The minimum atomic E-state index is -0.633. The van der Waals surface area contributed by atoms with Crippen LogP contribution in [0.2, 0.25) is 0 Å². The predicted octanol–water partition coefficient (Wildman–Crippen LogP) is 2.96. The molecule has 0 atom stereocenters. The van der Waals surface area contributed by atoms with E-state index in [1.807, 2.05) is 0 Å². The Morgan fingerprint density at radius 2 is 2.00 bits per heavy atom. The number of nitrogens with one attached hydrogen (secondary N) is 1. The second-order valence-electron chi connectivity index (χ2n) is 8.85. The number of rotatable bonds is 4. The number of hydrogen-bond donors (Lipinski definition) is 5. The number of aliphatic hydroxyl groups excluding tert-OH is 2. The van der Waals surface area contributed by atoms with Crippen molar-refractivity contribution in [3.05, 3.63) is 33.7 Å². The van der Waals surface area contributed by atoms with Gasteiger partial charge in [0.05, 0.1) is 40.4 Å². The van der Waals surface area contributed by atoms with Crippen molar-refractivity contribution >= 4 is 35.7 Å². The Labute approximate surface area is 186 Å². The van der Waals surface area contributed by atoms with Crippen LogP contribution in [-0.2, 0) is 30.1 Å². The third-order valence-corrected chi connectivity index (χ3v) is 7.42. The number of aromatic nitrogens is 2. The van der Waals surface area contributed by atoms with E-state index in [0.29, 0.717) is 0 Å². The van der Waals surface area contributed by atoms with Crippen molar-refractivity contribution in [2.45, 2.75) is 67.9 Å². The standard InChI is InChI=1S/C14H19N3O.C7H11NO2S2/c1-14(2)7-6-9-11(17-13(15)18)8-4-3-5-10(8)16-12(9)14;1-7(3-9,4-10)6-8-2-5(11)12-6/h3-7H2,1-2H3,(H3,15,16,17,18);2,9-11H,3-4H2,1H3. The second kappa shape index (κ2) is 8.82. The number of anilines is 1. The third-order valence-electron chi connectivity index (χ3n) is 5.92. The molecule has 0 fully saturated rings. The van der Waals surface area contributed by atoms with Gasteiger partial charge >= 0.3 is 6.03 Å². The van der Waals surface area contributed by atoms with Crippen LogP contribution in [0, 0.1) is 0 Å². The lowest BCUT2D eigenvalue weighted by atomic mass is 9.90. The molecule has 0 aromatic carbocycles. The van der Waals surface area contributed by atoms with Gasteiger partial charge in [-0.1, -0.05) is 13.8 Å². The Kier molecular flexibility index (Phi) is 6.76. The molecule has 2 aliphatic carbocycles. The summed E-state index contributed by atoms with van der Waals surface area (Å²) < 4.78 is 0.790. The first-order valence-electron chi connectivity index (χ1n) is 10.1. The quantitative estimate of drug-likeness (QED) is 0.459. The molecule has 2 aromatic rings. The van der Waals surface area contributed by atoms with E-state index < -0.39 is 11.4 Å². The fourth-order valence-electron chi connectivity index (χ4n) is 3.99. The summed E-state index contributed by atoms with van der Waals surface area (Å²) in [5.41, 5.74) is 10.5. The average molecular weight is 451 g/mol. The molecule has 0 aliphatic heterocycles. The summed E-state index contributed by atoms with van der Waals surface area (Å²) >= 11 is 5.48. The Morgan fingerprint density at radius 3 is 2.57 bits per heavy atom. The minimum absolute atomic E-state index is 0.107. The number of aliphatic hydroxyl groups is 2. The second-order valence-corrected chi connectivity index (χ2v) is 10.7. The molecule has 30 heavy (non-hydrogen) atoms. The Bertz CT molecular complexity index is 939. The zero-order chi connectivity index (χ0) is 22.1. The Morgan fingerprint density at radius 1 is 1.30 bits per heavy atom. The topological polar surface area (TPSA) is 121 Å². The normalized spacial score (nSPS) is 16.5. The highest BCUT2D eigenvalue weighted by molar-refractivity contribution is 7.82. The molecule has 0 saturated carbocycles. The SMILES string of the molecule is CC(CO)(CO)c1ncc(S)s1.CC1(C)CCc2c1nc1c(c2NC(N)=O)CCC1. The number of nitrogens with two attached hydrogens (primary N) is 1. The van der Waals surface area contributed by atoms with Gasteiger partial charge in [0.15, 0.2) is 0 Å². The minimum Gasteiger partial charge on any atom is -0.395 e. The van der Waals surface area contributed by atoms with E-state index in [9.17, 15) is 4.79 Å². The number of fused-ring (bicyclic) bond motifs is 2. The van der Waals surface area contributed by atoms with Gasteiger partial charge in [-0.15, -0.1) is 24.0 Å². The average Bonchev–Trinajstić information content (AvgIpc) is 3.41. The maximum Gasteiger partial charge on any atom is 0.316 e. The first-order valence-corrected chi connectivity index (χ1v) is 11.4. The molecule has 7 nitrogen and oxygen atoms in total. The molecular formula is C21H30N4O3S2. The maximum atomic E-state index is 11.2. The van der Waals surface area contributed by atoms with E-state index in [0.717, 1.165) is 58.4 Å². The van der Waals surface area contributed by atoms with E-state index in [-0.39, 0.29) is 18.6 Å². The van der Waals surface area contributed by atoms with Crippen LogP contribution < -0.4 is 11.1 Å². The Hall–Kier alpha value is -1.68. The van der Waals surface area contributed by atoms with Crippen LogP contribution in [0.15, 0.2) is 10.4 Å². The molecule has 5 N–H and O–H groups in total. The number of hydrogen-bond acceptors (Lipinski definition) is 7. The lowest BCUT2D eigenvalue weighted by molar-refractivity contribution is 0.129. The van der Waals surface area contributed by atoms with Crippen LogP contribution in [0.3, 0.4) is 0 Å². The van der Waals surface area contributed by atoms with E-state index in [1.54, 1.807) is 13.1 Å². The van der Waals surface area contributed by atoms with Gasteiger partial charge in [-0.05, 0) is 50.2 Å². The fraction of sp³-hybridized carbons (Fsp3) is 0.571. The molecule has 164 valence electrons. The van der Waals surface area contributed by atoms with Gasteiger partial charge in [0.2, 0.25) is 0 Å². The van der Waals surface area contributed by atoms with Crippen LogP contribution >= 0.6 is 24.0 Å². The van der Waals surface area contributed by atoms with E-state index in [1.165, 1.54) is 22.5 Å². The zero-order valence-corrected chi connectivity index (χ0v) is 19.4. The molecule has 9 heteroatoms. The number of amides is 2. The summed E-state index contributed by atoms with van der Waals surface area (Å²) in [6, 6.07) is -0.470. The number of pyridine rings is 1. The van der Waals surface area contributed by atoms with E-state index >= 15 is 0 Å². The third kappa shape index (κ3) is 4.49. The number of nitrogens with zero attached hydrogens (tertiary/aromatic N) is 2. The van der Waals surface area contributed by atoms with E-state index in [4.69, 9.17) is 20.9 Å². The van der Waals surface area contributed by atoms with Gasteiger partial charge in [0, 0.05) is 11.1 Å². The lowest BCUT2D eigenvalue weighted by Crippen LogP contribution is -2.30. The molecule has 0 unspecified atom stereocenters. The predicted molar refractivity (Wildman–Crippen MR) is 122 cm³/mol. The van der Waals surface area contributed by atoms with Crippen LogP contribution in [0.1, 0.15) is 61.1 Å². The number of thiol groups is 1. The number of urea groups is 1. The molecular weight excluding hydrogens is 420 g/mol. The summed E-state index contributed by atoms with van der Waals surface area (Å²) in [6.45, 7) is 6.00. The summed E-state index contributed by atoms with van der Waals surface area (Å²) in [6.07, 6.45) is 6.84. The molecule has 2 heterocycles. The monoisotopic (exact) mass is 450 g/mol. The van der Waals surface area contributed by atoms with Gasteiger partial charge in [-0.3, -0.25) is 4.98 Å². The molecule has 2 aliphatic rings. The molecule has 0 spiro atoms. The van der Waals surface area contributed by atoms with Gasteiger partial charge < -0.3 is 21.3 Å². The summed E-state index contributed by atoms with van der Waals surface area (Å²) in [5.74, 6) is 0. The van der Waals surface area contributed by atoms with Gasteiger partial charge in [-0.2, -0.15) is 0 Å². The molecule has 0 bridgehead atoms. The van der Waals surface area contributed by atoms with Gasteiger partial charge in [-0.25, -0.2) is 9.78 Å². The van der Waals surface area contributed by atoms with Crippen molar-refractivity contribution in [3.8, 4) is 0 Å². The van der Waals surface area contributed by atoms with Crippen LogP contribution in [0.25, 0.3) is 0 Å². The van der Waals surface area contributed by atoms with Gasteiger partial charge in [0.25, 0.3) is 0 Å². The van der Waals surface area contributed by atoms with Crippen molar-refractivity contribution in [1.82, 2.24) is 9.97 Å². The van der Waals surface area contributed by atoms with Crippen molar-refractivity contribution in [3.63, 3.8) is 0 Å². The number of aryl methyl sites for hydroxylation is 1. The molecule has 2 amide bonds. The number of carbonyl (C=O) groups excluding carboxylic acids is 1. The first-order chi connectivity index (χ1) is 14.1. The summed E-state index contributed by atoms with van der Waals surface area (Å²) in [5, 5.41) is 21.6. The molecule has 0 saturated heterocycles. The maximum absolute atomic E-state index is 11.2. The highest BCUT2D eigenvalue weighted by Crippen LogP contribution is 2.44. The number of carbonyl (C=O) groups is 1. The van der Waals surface area contributed by atoms with E-state index in [2.05, 4.69) is 36.8 Å². The first kappa shape index (κ1) is 23.0. The number of thiazole rings is 1. The largest absolute Gasteiger partial charge is 0.395 e. The fourth-order valence-corrected chi connectivity index (χ4v) is 5.09. The van der Waals surface area contributed by atoms with Gasteiger partial charge in [0.1, 0.15) is 5.01 Å². The van der Waals surface area contributed by atoms with Crippen molar-refractivity contribution < 1.29 is 15.0 Å². The highest BCUT2D eigenvalue weighted by atomic mass is 32.2. The molecule has 4 rings (SSSR count). The number of primary amides is 1. The molecule has 2 aromatic heterocycles.